The first-order valence-corrected chi connectivity index (χ1v) is 7.88. The number of rotatable bonds is 4. The van der Waals surface area contributed by atoms with Crippen molar-refractivity contribution >= 4 is 23.2 Å². The van der Waals surface area contributed by atoms with Crippen LogP contribution < -0.4 is 11.1 Å². The minimum Gasteiger partial charge on any atom is -0.329 e. The van der Waals surface area contributed by atoms with Gasteiger partial charge in [0.1, 0.15) is 0 Å². The lowest BCUT2D eigenvalue weighted by Gasteiger charge is -2.25. The summed E-state index contributed by atoms with van der Waals surface area (Å²) in [6, 6.07) is 6.20. The zero-order chi connectivity index (χ0) is 13.7. The van der Waals surface area contributed by atoms with E-state index >= 15 is 0 Å². The molecule has 1 unspecified atom stereocenters. The summed E-state index contributed by atoms with van der Waals surface area (Å²) in [6.07, 6.45) is 7.73. The highest BCUT2D eigenvalue weighted by molar-refractivity contribution is 6.36. The second-order valence-corrected chi connectivity index (χ2v) is 6.09. The van der Waals surface area contributed by atoms with Crippen LogP contribution in [0.4, 0.5) is 0 Å². The van der Waals surface area contributed by atoms with Crippen LogP contribution in [-0.2, 0) is 0 Å². The lowest BCUT2D eigenvalue weighted by atomic mass is 10.0. The molecule has 0 aliphatic heterocycles. The van der Waals surface area contributed by atoms with Gasteiger partial charge in [0.2, 0.25) is 0 Å². The van der Waals surface area contributed by atoms with Crippen molar-refractivity contribution in [2.45, 2.75) is 50.6 Å². The molecule has 2 rings (SSSR count). The normalized spacial score (nSPS) is 19.1. The summed E-state index contributed by atoms with van der Waals surface area (Å²) in [4.78, 5) is 0. The number of nitrogens with one attached hydrogen (secondary N) is 1. The lowest BCUT2D eigenvalue weighted by Crippen LogP contribution is -2.36. The summed E-state index contributed by atoms with van der Waals surface area (Å²) in [5.41, 5.74) is 6.86. The van der Waals surface area contributed by atoms with Crippen LogP contribution in [0.2, 0.25) is 10.0 Å². The Labute approximate surface area is 125 Å². The van der Waals surface area contributed by atoms with Crippen LogP contribution in [0.15, 0.2) is 18.2 Å². The Balaban J connectivity index is 2.10. The van der Waals surface area contributed by atoms with Gasteiger partial charge in [0, 0.05) is 34.2 Å². The van der Waals surface area contributed by atoms with Crippen molar-refractivity contribution in [3.8, 4) is 0 Å². The molecule has 106 valence electrons. The Morgan fingerprint density at radius 1 is 1.11 bits per heavy atom. The fourth-order valence-electron chi connectivity index (χ4n) is 2.84. The standard InChI is InChI=1S/C15H22Cl2N2/c16-12-8-5-9-13(17)15(12)14(10-18)19-11-6-3-1-2-4-7-11/h5,8-9,11,14,19H,1-4,6-7,10,18H2. The van der Waals surface area contributed by atoms with Gasteiger partial charge in [-0.15, -0.1) is 0 Å². The first-order valence-electron chi connectivity index (χ1n) is 7.12. The third-order valence-electron chi connectivity index (χ3n) is 3.88. The Morgan fingerprint density at radius 3 is 2.21 bits per heavy atom. The molecule has 0 heterocycles. The van der Waals surface area contributed by atoms with E-state index in [1.54, 1.807) is 0 Å². The zero-order valence-electron chi connectivity index (χ0n) is 11.2. The minimum atomic E-state index is 0.0456. The van der Waals surface area contributed by atoms with Crippen LogP contribution in [0.1, 0.15) is 50.1 Å². The Hall–Kier alpha value is -0.280. The molecular formula is C15H22Cl2N2. The molecule has 1 atom stereocenters. The predicted octanol–water partition coefficient (Wildman–Crippen LogP) is 4.31. The average Bonchev–Trinajstić information content (AvgIpc) is 2.65. The van der Waals surface area contributed by atoms with E-state index in [2.05, 4.69) is 5.32 Å². The minimum absolute atomic E-state index is 0.0456. The second-order valence-electron chi connectivity index (χ2n) is 5.28. The molecule has 1 saturated carbocycles. The maximum absolute atomic E-state index is 6.27. The highest BCUT2D eigenvalue weighted by Crippen LogP contribution is 2.31. The molecule has 2 nitrogen and oxygen atoms in total. The van der Waals surface area contributed by atoms with E-state index in [9.17, 15) is 0 Å². The number of benzene rings is 1. The molecule has 1 aromatic rings. The first-order chi connectivity index (χ1) is 9.22. The van der Waals surface area contributed by atoms with Gasteiger partial charge in [-0.3, -0.25) is 0 Å². The third kappa shape index (κ3) is 4.09. The van der Waals surface area contributed by atoms with Crippen molar-refractivity contribution in [2.24, 2.45) is 5.73 Å². The number of hydrogen-bond donors (Lipinski definition) is 2. The average molecular weight is 301 g/mol. The summed E-state index contributed by atoms with van der Waals surface area (Å²) >= 11 is 12.5. The number of hydrogen-bond acceptors (Lipinski definition) is 2. The highest BCUT2D eigenvalue weighted by Gasteiger charge is 2.21. The van der Waals surface area contributed by atoms with Gasteiger partial charge >= 0.3 is 0 Å². The fourth-order valence-corrected chi connectivity index (χ4v) is 3.50. The molecule has 0 radical (unpaired) electrons. The van der Waals surface area contributed by atoms with Gasteiger partial charge in [-0.2, -0.15) is 0 Å². The number of nitrogens with two attached hydrogens (primary N) is 1. The zero-order valence-corrected chi connectivity index (χ0v) is 12.7. The van der Waals surface area contributed by atoms with E-state index in [0.29, 0.717) is 22.6 Å². The van der Waals surface area contributed by atoms with E-state index in [4.69, 9.17) is 28.9 Å². The van der Waals surface area contributed by atoms with Gasteiger partial charge in [0.05, 0.1) is 0 Å². The van der Waals surface area contributed by atoms with Gasteiger partial charge in [-0.1, -0.05) is 55.0 Å². The smallest absolute Gasteiger partial charge is 0.0476 e. The molecule has 0 spiro atoms. The van der Waals surface area contributed by atoms with E-state index in [1.165, 1.54) is 38.5 Å². The molecule has 0 amide bonds. The van der Waals surface area contributed by atoms with Crippen molar-refractivity contribution in [3.63, 3.8) is 0 Å². The Kier molecular flexibility index (Phi) is 5.96. The molecule has 4 heteroatoms. The summed E-state index contributed by atoms with van der Waals surface area (Å²) < 4.78 is 0. The van der Waals surface area contributed by atoms with Gasteiger partial charge in [0.15, 0.2) is 0 Å². The van der Waals surface area contributed by atoms with Gasteiger partial charge in [0.25, 0.3) is 0 Å². The monoisotopic (exact) mass is 300 g/mol. The van der Waals surface area contributed by atoms with Crippen LogP contribution in [0.25, 0.3) is 0 Å². The molecule has 1 aliphatic rings. The topological polar surface area (TPSA) is 38.0 Å². The van der Waals surface area contributed by atoms with E-state index in [1.807, 2.05) is 18.2 Å². The van der Waals surface area contributed by atoms with E-state index in [-0.39, 0.29) is 6.04 Å². The summed E-state index contributed by atoms with van der Waals surface area (Å²) in [5, 5.41) is 5.05. The van der Waals surface area contributed by atoms with Crippen molar-refractivity contribution in [2.75, 3.05) is 6.54 Å². The molecular weight excluding hydrogens is 279 g/mol. The van der Waals surface area contributed by atoms with Crippen LogP contribution in [-0.4, -0.2) is 12.6 Å². The van der Waals surface area contributed by atoms with Crippen LogP contribution in [0.5, 0.6) is 0 Å². The van der Waals surface area contributed by atoms with Crippen molar-refractivity contribution in [3.05, 3.63) is 33.8 Å². The lowest BCUT2D eigenvalue weighted by molar-refractivity contribution is 0.402. The molecule has 0 aromatic heterocycles. The van der Waals surface area contributed by atoms with E-state index in [0.717, 1.165) is 5.56 Å². The number of halogens is 2. The summed E-state index contributed by atoms with van der Waals surface area (Å²) in [5.74, 6) is 0. The maximum Gasteiger partial charge on any atom is 0.0476 e. The molecule has 1 aliphatic carbocycles. The quantitative estimate of drug-likeness (QED) is 0.813. The summed E-state index contributed by atoms with van der Waals surface area (Å²) in [6.45, 7) is 0.514. The Morgan fingerprint density at radius 2 is 1.68 bits per heavy atom. The second kappa shape index (κ2) is 7.49. The van der Waals surface area contributed by atoms with Crippen LogP contribution in [0.3, 0.4) is 0 Å². The fraction of sp³-hybridized carbons (Fsp3) is 0.600. The van der Waals surface area contributed by atoms with Crippen LogP contribution in [0, 0.1) is 0 Å². The van der Waals surface area contributed by atoms with Crippen molar-refractivity contribution in [1.29, 1.82) is 0 Å². The molecule has 19 heavy (non-hydrogen) atoms. The molecule has 3 N–H and O–H groups in total. The molecule has 1 fully saturated rings. The highest BCUT2D eigenvalue weighted by atomic mass is 35.5. The van der Waals surface area contributed by atoms with Crippen molar-refractivity contribution in [1.82, 2.24) is 5.32 Å². The Bertz CT molecular complexity index is 381. The third-order valence-corrected chi connectivity index (χ3v) is 4.54. The van der Waals surface area contributed by atoms with E-state index < -0.39 is 0 Å². The summed E-state index contributed by atoms with van der Waals surface area (Å²) in [7, 11) is 0. The van der Waals surface area contributed by atoms with Gasteiger partial charge < -0.3 is 11.1 Å². The molecule has 0 bridgehead atoms. The SMILES string of the molecule is NCC(NC1CCCCCC1)c1c(Cl)cccc1Cl. The largest absolute Gasteiger partial charge is 0.329 e. The van der Waals surface area contributed by atoms with Gasteiger partial charge in [-0.25, -0.2) is 0 Å². The maximum atomic E-state index is 6.27. The molecule has 0 saturated heterocycles. The van der Waals surface area contributed by atoms with Gasteiger partial charge in [-0.05, 0) is 25.0 Å². The van der Waals surface area contributed by atoms with Crippen LogP contribution >= 0.6 is 23.2 Å². The predicted molar refractivity (Wildman–Crippen MR) is 82.9 cm³/mol. The molecule has 1 aromatic carbocycles. The first kappa shape index (κ1) is 15.1. The van der Waals surface area contributed by atoms with Crippen molar-refractivity contribution < 1.29 is 0 Å².